The van der Waals surface area contributed by atoms with Crippen LogP contribution < -0.4 is 24.3 Å². The van der Waals surface area contributed by atoms with Gasteiger partial charge in [-0.1, -0.05) is 12.0 Å². The number of fused-ring (bicyclic) bond motifs is 2. The average Bonchev–Trinajstić information content (AvgIpc) is 3.35. The van der Waals surface area contributed by atoms with Crippen molar-refractivity contribution < 1.29 is 28.5 Å². The van der Waals surface area contributed by atoms with Gasteiger partial charge in [-0.25, -0.2) is 4.79 Å². The van der Waals surface area contributed by atoms with Gasteiger partial charge in [-0.3, -0.25) is 0 Å². The van der Waals surface area contributed by atoms with Gasteiger partial charge in [0.05, 0.1) is 18.4 Å². The zero-order valence-electron chi connectivity index (χ0n) is 15.6. The van der Waals surface area contributed by atoms with E-state index in [-0.39, 0.29) is 31.9 Å². The van der Waals surface area contributed by atoms with E-state index in [0.29, 0.717) is 28.6 Å². The van der Waals surface area contributed by atoms with Crippen molar-refractivity contribution in [2.45, 2.75) is 5.92 Å². The van der Waals surface area contributed by atoms with E-state index < -0.39 is 0 Å². The molecule has 5 rings (SSSR count). The maximum atomic E-state index is 12.6. The number of methoxy groups -OCH3 is 1. The van der Waals surface area contributed by atoms with Crippen LogP contribution in [0.15, 0.2) is 41.6 Å². The van der Waals surface area contributed by atoms with Crippen LogP contribution in [0.2, 0.25) is 0 Å². The number of hydrogen-bond donors (Lipinski definition) is 1. The maximum absolute atomic E-state index is 12.6. The number of carbonyl (C=O) groups excluding carboxylic acids is 1. The molecule has 146 valence electrons. The van der Waals surface area contributed by atoms with Crippen LogP contribution in [0, 0.1) is 12.3 Å². The van der Waals surface area contributed by atoms with E-state index >= 15 is 0 Å². The van der Waals surface area contributed by atoms with Gasteiger partial charge in [0.2, 0.25) is 6.79 Å². The minimum Gasteiger partial charge on any atom is -0.493 e. The van der Waals surface area contributed by atoms with Crippen LogP contribution in [0.1, 0.15) is 17.0 Å². The molecular formula is C22H17NO6. The van der Waals surface area contributed by atoms with Crippen molar-refractivity contribution in [3.63, 3.8) is 0 Å². The average molecular weight is 391 g/mol. The molecule has 3 aliphatic rings. The second-order valence-corrected chi connectivity index (χ2v) is 6.72. The fraction of sp³-hybridized carbons (Fsp3) is 0.227. The molecule has 3 heterocycles. The number of carbonyl (C=O) groups is 1. The fourth-order valence-corrected chi connectivity index (χ4v) is 3.89. The number of cyclic esters (lactones) is 1. The van der Waals surface area contributed by atoms with Crippen LogP contribution in [-0.4, -0.2) is 33.1 Å². The van der Waals surface area contributed by atoms with E-state index in [2.05, 4.69) is 11.2 Å². The van der Waals surface area contributed by atoms with Gasteiger partial charge in [0.1, 0.15) is 13.2 Å². The summed E-state index contributed by atoms with van der Waals surface area (Å²) in [6.07, 6.45) is 5.33. The van der Waals surface area contributed by atoms with Crippen molar-refractivity contribution in [3.05, 3.63) is 52.7 Å². The Labute approximate surface area is 167 Å². The lowest BCUT2D eigenvalue weighted by atomic mass is 9.81. The summed E-state index contributed by atoms with van der Waals surface area (Å²) in [7, 11) is 1.56. The monoisotopic (exact) mass is 391 g/mol. The van der Waals surface area contributed by atoms with Gasteiger partial charge in [0.25, 0.3) is 0 Å². The Hall–Kier alpha value is -3.79. The molecular weight excluding hydrogens is 374 g/mol. The first-order valence-electron chi connectivity index (χ1n) is 9.04. The van der Waals surface area contributed by atoms with E-state index in [9.17, 15) is 4.79 Å². The Kier molecular flexibility index (Phi) is 3.98. The summed E-state index contributed by atoms with van der Waals surface area (Å²) in [6.45, 7) is 0.483. The molecule has 3 aliphatic heterocycles. The van der Waals surface area contributed by atoms with E-state index in [1.165, 1.54) is 0 Å². The van der Waals surface area contributed by atoms with Crippen molar-refractivity contribution in [3.8, 4) is 35.3 Å². The van der Waals surface area contributed by atoms with Gasteiger partial charge >= 0.3 is 5.97 Å². The second-order valence-electron chi connectivity index (χ2n) is 6.72. The summed E-state index contributed by atoms with van der Waals surface area (Å²) in [5, 5.41) is 3.31. The minimum absolute atomic E-state index is 0.108. The molecule has 0 saturated heterocycles. The molecule has 0 aliphatic carbocycles. The minimum atomic E-state index is -0.357. The predicted octanol–water partition coefficient (Wildman–Crippen LogP) is 2.80. The Bertz CT molecular complexity index is 1100. The van der Waals surface area contributed by atoms with Crippen molar-refractivity contribution in [2.75, 3.05) is 32.4 Å². The number of hydrogen-bond acceptors (Lipinski definition) is 7. The molecule has 0 spiro atoms. The van der Waals surface area contributed by atoms with E-state index in [1.807, 2.05) is 24.3 Å². The van der Waals surface area contributed by atoms with Crippen LogP contribution in [0.5, 0.6) is 23.0 Å². The molecule has 7 nitrogen and oxygen atoms in total. The number of rotatable bonds is 4. The molecule has 0 fully saturated rings. The summed E-state index contributed by atoms with van der Waals surface area (Å²) >= 11 is 0. The lowest BCUT2D eigenvalue weighted by molar-refractivity contribution is -0.136. The molecule has 0 amide bonds. The molecule has 0 aromatic heterocycles. The van der Waals surface area contributed by atoms with Crippen molar-refractivity contribution >= 4 is 11.7 Å². The fourth-order valence-electron chi connectivity index (χ4n) is 3.89. The lowest BCUT2D eigenvalue weighted by Crippen LogP contribution is -2.20. The van der Waals surface area contributed by atoms with Crippen molar-refractivity contribution in [1.82, 2.24) is 0 Å². The number of terminal acetylenes is 1. The molecule has 0 unspecified atom stereocenters. The van der Waals surface area contributed by atoms with Crippen LogP contribution in [-0.2, 0) is 9.53 Å². The molecule has 0 radical (unpaired) electrons. The highest BCUT2D eigenvalue weighted by Gasteiger charge is 2.39. The van der Waals surface area contributed by atoms with Crippen LogP contribution in [0.25, 0.3) is 0 Å². The lowest BCUT2D eigenvalue weighted by Gasteiger charge is -2.28. The zero-order chi connectivity index (χ0) is 20.0. The first-order valence-corrected chi connectivity index (χ1v) is 9.04. The molecule has 7 heteroatoms. The number of ether oxygens (including phenoxy) is 5. The third kappa shape index (κ3) is 2.72. The van der Waals surface area contributed by atoms with Crippen molar-refractivity contribution in [2.24, 2.45) is 0 Å². The first-order chi connectivity index (χ1) is 14.2. The SMILES string of the molecule is C#CCOc1cc([C@@H]2C3=C(COC3=O)Nc3cc4c(cc32)OCO4)ccc1OC. The van der Waals surface area contributed by atoms with Gasteiger partial charge in [-0.15, -0.1) is 6.42 Å². The highest BCUT2D eigenvalue weighted by Crippen LogP contribution is 2.49. The Morgan fingerprint density at radius 2 is 2.00 bits per heavy atom. The van der Waals surface area contributed by atoms with Gasteiger partial charge in [-0.2, -0.15) is 0 Å². The normalized spacial score (nSPS) is 18.3. The third-order valence-corrected chi connectivity index (χ3v) is 5.15. The highest BCUT2D eigenvalue weighted by atomic mass is 16.7. The standard InChI is InChI=1S/C22H17NO6/c1-3-6-26-17-7-12(4-5-16(17)25-2)20-13-8-18-19(29-11-28-18)9-14(13)23-15-10-27-22(24)21(15)20/h1,4-5,7-9,20,23H,6,10-11H2,2H3/t20-/m0/s1. The predicted molar refractivity (Wildman–Crippen MR) is 103 cm³/mol. The molecule has 2 aromatic carbocycles. The molecule has 2 aromatic rings. The molecule has 0 saturated carbocycles. The summed E-state index contributed by atoms with van der Waals surface area (Å²) in [5.74, 6) is 4.13. The number of esters is 1. The first kappa shape index (κ1) is 17.3. The summed E-state index contributed by atoms with van der Waals surface area (Å²) in [6, 6.07) is 9.34. The van der Waals surface area contributed by atoms with Crippen LogP contribution in [0.3, 0.4) is 0 Å². The van der Waals surface area contributed by atoms with Gasteiger partial charge < -0.3 is 29.0 Å². The van der Waals surface area contributed by atoms with Crippen LogP contribution in [0.4, 0.5) is 5.69 Å². The molecule has 29 heavy (non-hydrogen) atoms. The number of anilines is 1. The largest absolute Gasteiger partial charge is 0.493 e. The van der Waals surface area contributed by atoms with E-state index in [0.717, 1.165) is 22.5 Å². The molecule has 0 bridgehead atoms. The quantitative estimate of drug-likeness (QED) is 0.635. The molecule has 1 atom stereocenters. The molecule has 1 N–H and O–H groups in total. The zero-order valence-corrected chi connectivity index (χ0v) is 15.6. The Morgan fingerprint density at radius 1 is 1.17 bits per heavy atom. The second kappa shape index (κ2) is 6.67. The van der Waals surface area contributed by atoms with E-state index in [1.54, 1.807) is 13.2 Å². The summed E-state index contributed by atoms with van der Waals surface area (Å²) in [5.41, 5.74) is 3.90. The van der Waals surface area contributed by atoms with Gasteiger partial charge in [-0.05, 0) is 29.3 Å². The topological polar surface area (TPSA) is 75.3 Å². The number of benzene rings is 2. The third-order valence-electron chi connectivity index (χ3n) is 5.15. The maximum Gasteiger partial charge on any atom is 0.337 e. The van der Waals surface area contributed by atoms with Gasteiger partial charge in [0, 0.05) is 17.7 Å². The number of nitrogens with one attached hydrogen (secondary N) is 1. The van der Waals surface area contributed by atoms with Crippen LogP contribution >= 0.6 is 0 Å². The Balaban J connectivity index is 1.67. The summed E-state index contributed by atoms with van der Waals surface area (Å²) in [4.78, 5) is 12.6. The van der Waals surface area contributed by atoms with Gasteiger partial charge in [0.15, 0.2) is 23.0 Å². The smallest absolute Gasteiger partial charge is 0.337 e. The van der Waals surface area contributed by atoms with Crippen molar-refractivity contribution in [1.29, 1.82) is 0 Å². The highest BCUT2D eigenvalue weighted by molar-refractivity contribution is 5.97. The Morgan fingerprint density at radius 3 is 2.79 bits per heavy atom. The van der Waals surface area contributed by atoms with E-state index in [4.69, 9.17) is 30.1 Å². The summed E-state index contributed by atoms with van der Waals surface area (Å²) < 4.78 is 27.4.